The molecule has 2 heteroatoms. The Hall–Kier alpha value is -1.54. The highest BCUT2D eigenvalue weighted by Crippen LogP contribution is 2.28. The fraction of sp³-hybridized carbons (Fsp3) is 0.333. The minimum Gasteiger partial charge on any atom is -0.456 e. The molecule has 0 amide bonds. The van der Waals surface area contributed by atoms with Gasteiger partial charge in [0.15, 0.2) is 0 Å². The Morgan fingerprint density at radius 2 is 2.12 bits per heavy atom. The summed E-state index contributed by atoms with van der Waals surface area (Å²) in [4.78, 5) is 2.32. The van der Waals surface area contributed by atoms with Crippen molar-refractivity contribution in [3.8, 4) is 0 Å². The van der Waals surface area contributed by atoms with Crippen LogP contribution in [0.15, 0.2) is 34.8 Å². The zero-order valence-electron chi connectivity index (χ0n) is 10.4. The summed E-state index contributed by atoms with van der Waals surface area (Å²) in [6.45, 7) is 4.23. The van der Waals surface area contributed by atoms with E-state index in [2.05, 4.69) is 49.2 Å². The van der Waals surface area contributed by atoms with Crippen LogP contribution in [0.25, 0.3) is 16.5 Å². The molecule has 1 aromatic carbocycles. The molecule has 88 valence electrons. The first-order valence-electron chi connectivity index (χ1n) is 6.10. The summed E-state index contributed by atoms with van der Waals surface area (Å²) in [5, 5.41) is 1.20. The highest BCUT2D eigenvalue weighted by molar-refractivity contribution is 5.82. The maximum Gasteiger partial charge on any atom is 0.135 e. The molecular formula is C15H17NO. The molecule has 0 radical (unpaired) electrons. The van der Waals surface area contributed by atoms with Crippen LogP contribution in [-0.2, 0) is 0 Å². The van der Waals surface area contributed by atoms with E-state index >= 15 is 0 Å². The third kappa shape index (κ3) is 2.01. The third-order valence-corrected chi connectivity index (χ3v) is 3.40. The molecule has 0 aliphatic carbocycles. The number of benzene rings is 1. The second kappa shape index (κ2) is 4.04. The van der Waals surface area contributed by atoms with Crippen molar-refractivity contribution < 1.29 is 4.42 Å². The fourth-order valence-electron chi connectivity index (χ4n) is 2.29. The van der Waals surface area contributed by atoms with Crippen LogP contribution in [0.3, 0.4) is 0 Å². The van der Waals surface area contributed by atoms with Crippen LogP contribution in [0, 0.1) is 6.92 Å². The number of nitrogens with zero attached hydrogens (tertiary/aromatic N) is 1. The number of rotatable bonds is 1. The Morgan fingerprint density at radius 3 is 2.88 bits per heavy atom. The molecule has 0 fully saturated rings. The lowest BCUT2D eigenvalue weighted by Crippen LogP contribution is -2.23. The molecule has 17 heavy (non-hydrogen) atoms. The van der Waals surface area contributed by atoms with Crippen molar-refractivity contribution in [3.05, 3.63) is 41.7 Å². The quantitative estimate of drug-likeness (QED) is 0.741. The smallest absolute Gasteiger partial charge is 0.135 e. The van der Waals surface area contributed by atoms with E-state index < -0.39 is 0 Å². The van der Waals surface area contributed by atoms with Crippen LogP contribution in [0.1, 0.15) is 17.7 Å². The van der Waals surface area contributed by atoms with E-state index in [1.165, 1.54) is 16.5 Å². The molecule has 0 atom stereocenters. The van der Waals surface area contributed by atoms with E-state index in [4.69, 9.17) is 4.42 Å². The van der Waals surface area contributed by atoms with Gasteiger partial charge in [-0.25, -0.2) is 0 Å². The Bertz CT molecular complexity index is 580. The molecule has 0 N–H and O–H groups in total. The van der Waals surface area contributed by atoms with Gasteiger partial charge in [-0.3, -0.25) is 0 Å². The monoisotopic (exact) mass is 227 g/mol. The van der Waals surface area contributed by atoms with Gasteiger partial charge >= 0.3 is 0 Å². The Labute approximate surface area is 102 Å². The molecule has 0 unspecified atom stereocenters. The number of hydrogen-bond donors (Lipinski definition) is 0. The lowest BCUT2D eigenvalue weighted by atomic mass is 10.1. The summed E-state index contributed by atoms with van der Waals surface area (Å²) in [6, 6.07) is 8.53. The Kier molecular flexibility index (Phi) is 2.52. The van der Waals surface area contributed by atoms with Gasteiger partial charge < -0.3 is 9.32 Å². The van der Waals surface area contributed by atoms with E-state index in [0.29, 0.717) is 0 Å². The molecule has 2 aromatic rings. The number of aryl methyl sites for hydroxylation is 1. The standard InChI is InChI=1S/C15H17NO/c1-11-3-4-13-10-15(17-14(13)9-11)12-5-7-16(2)8-6-12/h3-5,9-10H,6-8H2,1-2H3. The third-order valence-electron chi connectivity index (χ3n) is 3.40. The fourth-order valence-corrected chi connectivity index (χ4v) is 2.29. The van der Waals surface area contributed by atoms with Crippen molar-refractivity contribution >= 4 is 16.5 Å². The van der Waals surface area contributed by atoms with Crippen molar-refractivity contribution in [2.24, 2.45) is 0 Å². The minimum absolute atomic E-state index is 1.000. The SMILES string of the molecule is Cc1ccc2cc(C3=CCN(C)CC3)oc2c1. The van der Waals surface area contributed by atoms with E-state index in [-0.39, 0.29) is 0 Å². The first-order chi connectivity index (χ1) is 8.22. The predicted molar refractivity (Wildman–Crippen MR) is 71.0 cm³/mol. The molecular weight excluding hydrogens is 210 g/mol. The van der Waals surface area contributed by atoms with Gasteiger partial charge in [-0.1, -0.05) is 18.2 Å². The van der Waals surface area contributed by atoms with Gasteiger partial charge in [-0.05, 0) is 43.7 Å². The van der Waals surface area contributed by atoms with Crippen molar-refractivity contribution in [1.29, 1.82) is 0 Å². The zero-order chi connectivity index (χ0) is 11.8. The number of furan rings is 1. The van der Waals surface area contributed by atoms with Gasteiger partial charge in [0.1, 0.15) is 11.3 Å². The van der Waals surface area contributed by atoms with Crippen LogP contribution in [0.4, 0.5) is 0 Å². The molecule has 1 aliphatic rings. The molecule has 0 bridgehead atoms. The van der Waals surface area contributed by atoms with Crippen LogP contribution < -0.4 is 0 Å². The highest BCUT2D eigenvalue weighted by Gasteiger charge is 2.13. The van der Waals surface area contributed by atoms with E-state index in [9.17, 15) is 0 Å². The van der Waals surface area contributed by atoms with Crippen molar-refractivity contribution in [3.63, 3.8) is 0 Å². The van der Waals surface area contributed by atoms with Crippen LogP contribution in [0.2, 0.25) is 0 Å². The molecule has 2 heterocycles. The number of hydrogen-bond acceptors (Lipinski definition) is 2. The van der Waals surface area contributed by atoms with Crippen molar-refractivity contribution in [1.82, 2.24) is 4.90 Å². The van der Waals surface area contributed by atoms with E-state index in [0.717, 1.165) is 30.9 Å². The summed E-state index contributed by atoms with van der Waals surface area (Å²) < 4.78 is 5.94. The zero-order valence-corrected chi connectivity index (χ0v) is 10.4. The van der Waals surface area contributed by atoms with Gasteiger partial charge in [0.05, 0.1) is 0 Å². The summed E-state index contributed by atoms with van der Waals surface area (Å²) in [5.41, 5.74) is 3.59. The lowest BCUT2D eigenvalue weighted by molar-refractivity contribution is 0.368. The molecule has 0 spiro atoms. The van der Waals surface area contributed by atoms with E-state index in [1.807, 2.05) is 0 Å². The molecule has 0 saturated heterocycles. The summed E-state index contributed by atoms with van der Waals surface area (Å²) >= 11 is 0. The van der Waals surface area contributed by atoms with Crippen LogP contribution in [-0.4, -0.2) is 25.0 Å². The van der Waals surface area contributed by atoms with Crippen molar-refractivity contribution in [2.45, 2.75) is 13.3 Å². The average molecular weight is 227 g/mol. The van der Waals surface area contributed by atoms with Crippen molar-refractivity contribution in [2.75, 3.05) is 20.1 Å². The minimum atomic E-state index is 1.000. The van der Waals surface area contributed by atoms with E-state index in [1.54, 1.807) is 0 Å². The van der Waals surface area contributed by atoms with Gasteiger partial charge in [-0.15, -0.1) is 0 Å². The second-order valence-electron chi connectivity index (χ2n) is 4.89. The molecule has 0 saturated carbocycles. The summed E-state index contributed by atoms with van der Waals surface area (Å²) in [6.07, 6.45) is 3.35. The van der Waals surface area contributed by atoms with Crippen LogP contribution >= 0.6 is 0 Å². The average Bonchev–Trinajstić information content (AvgIpc) is 2.72. The second-order valence-corrected chi connectivity index (χ2v) is 4.89. The lowest BCUT2D eigenvalue weighted by Gasteiger charge is -2.20. The van der Waals surface area contributed by atoms with Gasteiger partial charge in [0.25, 0.3) is 0 Å². The summed E-state index contributed by atoms with van der Waals surface area (Å²) in [5.74, 6) is 1.04. The van der Waals surface area contributed by atoms with Gasteiger partial charge in [-0.2, -0.15) is 0 Å². The van der Waals surface area contributed by atoms with Gasteiger partial charge in [0.2, 0.25) is 0 Å². The number of likely N-dealkylation sites (N-methyl/N-ethyl adjacent to an activating group) is 1. The molecule has 3 rings (SSSR count). The Morgan fingerprint density at radius 1 is 1.24 bits per heavy atom. The van der Waals surface area contributed by atoms with Gasteiger partial charge in [0, 0.05) is 18.5 Å². The molecule has 2 nitrogen and oxygen atoms in total. The normalized spacial score (nSPS) is 17.4. The highest BCUT2D eigenvalue weighted by atomic mass is 16.3. The largest absolute Gasteiger partial charge is 0.456 e. The maximum atomic E-state index is 5.94. The molecule has 1 aromatic heterocycles. The predicted octanol–water partition coefficient (Wildman–Crippen LogP) is 3.46. The van der Waals surface area contributed by atoms with Crippen LogP contribution in [0.5, 0.6) is 0 Å². The molecule has 1 aliphatic heterocycles. The summed E-state index contributed by atoms with van der Waals surface area (Å²) in [7, 11) is 2.15. The maximum absolute atomic E-state index is 5.94. The first-order valence-corrected chi connectivity index (χ1v) is 6.10. The number of fused-ring (bicyclic) bond motifs is 1. The topological polar surface area (TPSA) is 16.4 Å². The Balaban J connectivity index is 2.01. The first kappa shape index (κ1) is 10.6.